The van der Waals surface area contributed by atoms with Crippen LogP contribution in [0.2, 0.25) is 0 Å². The van der Waals surface area contributed by atoms with E-state index in [1.54, 1.807) is 18.2 Å². The zero-order valence-electron chi connectivity index (χ0n) is 16.0. The van der Waals surface area contributed by atoms with E-state index in [0.29, 0.717) is 34.6 Å². The highest BCUT2D eigenvalue weighted by Gasteiger charge is 2.24. The lowest BCUT2D eigenvalue weighted by Gasteiger charge is -2.25. The summed E-state index contributed by atoms with van der Waals surface area (Å²) in [4.78, 5) is 26.9. The predicted molar refractivity (Wildman–Crippen MR) is 105 cm³/mol. The summed E-state index contributed by atoms with van der Waals surface area (Å²) in [5.41, 5.74) is 0.879. The Morgan fingerprint density at radius 3 is 2.70 bits per heavy atom. The van der Waals surface area contributed by atoms with E-state index in [2.05, 4.69) is 10.3 Å². The maximum absolute atomic E-state index is 12.2. The first-order valence-corrected chi connectivity index (χ1v) is 9.81. The molecule has 146 valence electrons. The fourth-order valence-electron chi connectivity index (χ4n) is 3.65. The van der Waals surface area contributed by atoms with Gasteiger partial charge < -0.3 is 20.1 Å². The molecule has 3 rings (SSSR count). The predicted octanol–water partition coefficient (Wildman–Crippen LogP) is 3.05. The Morgan fingerprint density at radius 2 is 2.07 bits per heavy atom. The van der Waals surface area contributed by atoms with Crippen LogP contribution in [0.4, 0.5) is 0 Å². The molecule has 1 aliphatic carbocycles. The third-order valence-electron chi connectivity index (χ3n) is 5.40. The van der Waals surface area contributed by atoms with Gasteiger partial charge in [0.1, 0.15) is 0 Å². The molecule has 2 aromatic rings. The number of H-pyrrole nitrogens is 1. The molecule has 27 heavy (non-hydrogen) atoms. The molecule has 0 aliphatic heterocycles. The number of esters is 1. The molecule has 0 saturated heterocycles. The molecular formula is C21H28N2O4. The number of benzene rings is 1. The van der Waals surface area contributed by atoms with Gasteiger partial charge in [-0.05, 0) is 49.4 Å². The zero-order chi connectivity index (χ0) is 19.4. The number of ether oxygens (including phenoxy) is 1. The lowest BCUT2D eigenvalue weighted by molar-refractivity contribution is -0.136. The van der Waals surface area contributed by atoms with Crippen molar-refractivity contribution in [1.29, 1.82) is 0 Å². The van der Waals surface area contributed by atoms with Crippen molar-refractivity contribution in [3.63, 3.8) is 0 Å². The number of rotatable bonds is 8. The first-order chi connectivity index (χ1) is 13.0. The molecule has 1 saturated carbocycles. The van der Waals surface area contributed by atoms with E-state index in [0.717, 1.165) is 25.8 Å². The van der Waals surface area contributed by atoms with Crippen molar-refractivity contribution in [2.75, 3.05) is 6.54 Å². The van der Waals surface area contributed by atoms with Gasteiger partial charge in [-0.1, -0.05) is 26.3 Å². The maximum atomic E-state index is 12.2. The van der Waals surface area contributed by atoms with Crippen LogP contribution < -0.4 is 15.6 Å². The molecule has 2 unspecified atom stereocenters. The zero-order valence-corrected chi connectivity index (χ0v) is 16.0. The van der Waals surface area contributed by atoms with Crippen molar-refractivity contribution in [3.05, 3.63) is 40.2 Å². The summed E-state index contributed by atoms with van der Waals surface area (Å²) in [5.74, 6) is 0.465. The number of pyridine rings is 1. The summed E-state index contributed by atoms with van der Waals surface area (Å²) in [5, 5.41) is 14.8. The van der Waals surface area contributed by atoms with Crippen molar-refractivity contribution in [2.24, 2.45) is 5.92 Å². The van der Waals surface area contributed by atoms with Gasteiger partial charge in [-0.15, -0.1) is 0 Å². The van der Waals surface area contributed by atoms with Crippen molar-refractivity contribution >= 4 is 16.9 Å². The second kappa shape index (κ2) is 8.67. The molecule has 0 amide bonds. The minimum absolute atomic E-state index is 0.0999. The van der Waals surface area contributed by atoms with Gasteiger partial charge in [0, 0.05) is 23.9 Å². The highest BCUT2D eigenvalue weighted by atomic mass is 16.5. The highest BCUT2D eigenvalue weighted by Crippen LogP contribution is 2.33. The van der Waals surface area contributed by atoms with Gasteiger partial charge in [0.25, 0.3) is 0 Å². The van der Waals surface area contributed by atoms with Gasteiger partial charge in [0.05, 0.1) is 11.6 Å². The van der Waals surface area contributed by atoms with Crippen LogP contribution in [0.1, 0.15) is 57.6 Å². The van der Waals surface area contributed by atoms with E-state index < -0.39 is 6.10 Å². The number of aliphatic hydroxyl groups excluding tert-OH is 1. The van der Waals surface area contributed by atoms with E-state index >= 15 is 0 Å². The van der Waals surface area contributed by atoms with Gasteiger partial charge in [-0.25, -0.2) is 0 Å². The summed E-state index contributed by atoms with van der Waals surface area (Å²) < 4.78 is 5.55. The quantitative estimate of drug-likeness (QED) is 0.489. The number of aliphatic hydroxyl groups is 1. The Hall–Kier alpha value is -2.18. The van der Waals surface area contributed by atoms with E-state index in [-0.39, 0.29) is 17.6 Å². The molecule has 2 atom stereocenters. The normalized spacial score (nSPS) is 16.7. The van der Waals surface area contributed by atoms with E-state index in [1.165, 1.54) is 12.5 Å². The minimum Gasteiger partial charge on any atom is -0.424 e. The first kappa shape index (κ1) is 19.6. The molecule has 1 aromatic heterocycles. The fraction of sp³-hybridized carbons (Fsp3) is 0.524. The Labute approximate surface area is 158 Å². The minimum atomic E-state index is -0.733. The Bertz CT molecular complexity index is 857. The number of carbonyl (C=O) groups is 1. The standard InChI is InChI=1S/C21H28N2O4/c1-3-16(22-4-2)21(26)15-8-10-17(20-14(15)9-11-18(24)23-20)27-19(25)12-13-6-5-7-13/h8-11,13,16,21-22,26H,3-7,12H2,1-2H3,(H,23,24). The van der Waals surface area contributed by atoms with Crippen molar-refractivity contribution < 1.29 is 14.6 Å². The number of hydrogen-bond donors (Lipinski definition) is 3. The summed E-state index contributed by atoms with van der Waals surface area (Å²) in [6.45, 7) is 4.76. The van der Waals surface area contributed by atoms with Crippen molar-refractivity contribution in [3.8, 4) is 5.75 Å². The molecule has 1 heterocycles. The average molecular weight is 372 g/mol. The monoisotopic (exact) mass is 372 g/mol. The smallest absolute Gasteiger partial charge is 0.311 e. The number of likely N-dealkylation sites (N-methyl/N-ethyl adjacent to an activating group) is 1. The second-order valence-electron chi connectivity index (χ2n) is 7.26. The van der Waals surface area contributed by atoms with Crippen LogP contribution in [-0.2, 0) is 4.79 Å². The van der Waals surface area contributed by atoms with Gasteiger partial charge in [0.2, 0.25) is 5.56 Å². The Kier molecular flexibility index (Phi) is 6.29. The van der Waals surface area contributed by atoms with Crippen molar-refractivity contribution in [2.45, 2.75) is 58.1 Å². The Morgan fingerprint density at radius 1 is 1.30 bits per heavy atom. The maximum Gasteiger partial charge on any atom is 0.311 e. The topological polar surface area (TPSA) is 91.4 Å². The van der Waals surface area contributed by atoms with E-state index in [4.69, 9.17) is 4.74 Å². The van der Waals surface area contributed by atoms with Gasteiger partial charge in [0.15, 0.2) is 5.75 Å². The van der Waals surface area contributed by atoms with E-state index in [9.17, 15) is 14.7 Å². The van der Waals surface area contributed by atoms with Gasteiger partial charge in [-0.3, -0.25) is 9.59 Å². The third kappa shape index (κ3) is 4.39. The average Bonchev–Trinajstić information content (AvgIpc) is 2.62. The third-order valence-corrected chi connectivity index (χ3v) is 5.40. The first-order valence-electron chi connectivity index (χ1n) is 9.81. The number of fused-ring (bicyclic) bond motifs is 1. The number of nitrogens with one attached hydrogen (secondary N) is 2. The molecule has 0 bridgehead atoms. The van der Waals surface area contributed by atoms with Crippen LogP contribution in [0.5, 0.6) is 5.75 Å². The summed E-state index contributed by atoms with van der Waals surface area (Å²) in [6.07, 6.45) is 3.74. The number of carbonyl (C=O) groups excluding carboxylic acids is 1. The fourth-order valence-corrected chi connectivity index (χ4v) is 3.65. The van der Waals surface area contributed by atoms with Crippen LogP contribution in [0.15, 0.2) is 29.1 Å². The van der Waals surface area contributed by atoms with Crippen LogP contribution in [-0.4, -0.2) is 28.6 Å². The summed E-state index contributed by atoms with van der Waals surface area (Å²) in [6, 6.07) is 6.43. The van der Waals surface area contributed by atoms with Crippen molar-refractivity contribution in [1.82, 2.24) is 10.3 Å². The molecular weight excluding hydrogens is 344 g/mol. The Balaban J connectivity index is 1.93. The van der Waals surface area contributed by atoms with Crippen LogP contribution in [0.25, 0.3) is 10.9 Å². The molecule has 1 aromatic carbocycles. The summed E-state index contributed by atoms with van der Waals surface area (Å²) in [7, 11) is 0. The largest absolute Gasteiger partial charge is 0.424 e. The summed E-state index contributed by atoms with van der Waals surface area (Å²) >= 11 is 0. The van der Waals surface area contributed by atoms with E-state index in [1.807, 2.05) is 13.8 Å². The number of aromatic amines is 1. The lowest BCUT2D eigenvalue weighted by atomic mass is 9.83. The molecule has 6 nitrogen and oxygen atoms in total. The van der Waals surface area contributed by atoms with Gasteiger partial charge in [-0.2, -0.15) is 0 Å². The molecule has 1 aliphatic rings. The lowest BCUT2D eigenvalue weighted by Crippen LogP contribution is -2.34. The number of aromatic nitrogens is 1. The van der Waals surface area contributed by atoms with Gasteiger partial charge >= 0.3 is 5.97 Å². The SMILES string of the molecule is CCNC(CC)C(O)c1ccc(OC(=O)CC2CCC2)c2[nH]c(=O)ccc12. The molecule has 1 fully saturated rings. The van der Waals surface area contributed by atoms with Crippen LogP contribution in [0.3, 0.4) is 0 Å². The molecule has 0 spiro atoms. The molecule has 3 N–H and O–H groups in total. The molecule has 6 heteroatoms. The van der Waals surface area contributed by atoms with Crippen LogP contribution >= 0.6 is 0 Å². The number of hydrogen-bond acceptors (Lipinski definition) is 5. The second-order valence-corrected chi connectivity index (χ2v) is 7.26. The molecule has 0 radical (unpaired) electrons. The highest BCUT2D eigenvalue weighted by molar-refractivity contribution is 5.90. The van der Waals surface area contributed by atoms with Crippen LogP contribution in [0, 0.1) is 5.92 Å².